The number of esters is 1. The number of benzene rings is 1. The molecule has 1 rings (SSSR count). The zero-order chi connectivity index (χ0) is 12.8. The minimum atomic E-state index is -0.527. The summed E-state index contributed by atoms with van der Waals surface area (Å²) in [5.41, 5.74) is 6.31. The van der Waals surface area contributed by atoms with Crippen LogP contribution in [0.25, 0.3) is 6.08 Å². The van der Waals surface area contributed by atoms with Crippen molar-refractivity contribution < 1.29 is 14.5 Å². The third-order valence-corrected chi connectivity index (χ3v) is 1.97. The number of rotatable bonds is 4. The molecule has 0 atom stereocenters. The van der Waals surface area contributed by atoms with Gasteiger partial charge in [0.1, 0.15) is 0 Å². The van der Waals surface area contributed by atoms with E-state index in [0.29, 0.717) is 11.3 Å². The second kappa shape index (κ2) is 5.64. The molecule has 0 heterocycles. The van der Waals surface area contributed by atoms with E-state index in [9.17, 15) is 14.9 Å². The highest BCUT2D eigenvalue weighted by molar-refractivity contribution is 5.88. The average molecular weight is 236 g/mol. The van der Waals surface area contributed by atoms with Crippen LogP contribution in [0.15, 0.2) is 24.3 Å². The van der Waals surface area contributed by atoms with Crippen LogP contribution in [0.3, 0.4) is 0 Å². The van der Waals surface area contributed by atoms with Gasteiger partial charge in [-0.3, -0.25) is 10.1 Å². The molecular weight excluding hydrogens is 224 g/mol. The van der Waals surface area contributed by atoms with Crippen LogP contribution in [0.4, 0.5) is 11.4 Å². The Balaban J connectivity index is 2.93. The summed E-state index contributed by atoms with van der Waals surface area (Å²) in [5, 5.41) is 10.6. The molecule has 1 aromatic rings. The third kappa shape index (κ3) is 3.60. The topological polar surface area (TPSA) is 95.5 Å². The van der Waals surface area contributed by atoms with Gasteiger partial charge in [-0.15, -0.1) is 0 Å². The van der Waals surface area contributed by atoms with Crippen LogP contribution in [-0.4, -0.2) is 17.5 Å². The minimum Gasteiger partial charge on any atom is -0.463 e. The van der Waals surface area contributed by atoms with Crippen molar-refractivity contribution in [3.63, 3.8) is 0 Å². The number of nitro groups is 1. The number of hydrogen-bond acceptors (Lipinski definition) is 5. The quantitative estimate of drug-likeness (QED) is 0.282. The van der Waals surface area contributed by atoms with Crippen LogP contribution in [0.5, 0.6) is 0 Å². The van der Waals surface area contributed by atoms with E-state index >= 15 is 0 Å². The van der Waals surface area contributed by atoms with E-state index in [1.807, 2.05) is 0 Å². The molecule has 1 aromatic carbocycles. The number of carbonyl (C=O) groups is 1. The van der Waals surface area contributed by atoms with Crippen molar-refractivity contribution in [2.45, 2.75) is 6.92 Å². The van der Waals surface area contributed by atoms with Crippen LogP contribution in [0.2, 0.25) is 0 Å². The van der Waals surface area contributed by atoms with Gasteiger partial charge in [-0.25, -0.2) is 4.79 Å². The van der Waals surface area contributed by atoms with Gasteiger partial charge in [0.05, 0.1) is 11.5 Å². The first-order chi connectivity index (χ1) is 8.04. The lowest BCUT2D eigenvalue weighted by Crippen LogP contribution is -1.99. The maximum Gasteiger partial charge on any atom is 0.330 e. The lowest BCUT2D eigenvalue weighted by atomic mass is 10.1. The highest BCUT2D eigenvalue weighted by atomic mass is 16.6. The highest BCUT2D eigenvalue weighted by Gasteiger charge is 2.07. The van der Waals surface area contributed by atoms with Crippen molar-refractivity contribution in [3.05, 3.63) is 40.0 Å². The van der Waals surface area contributed by atoms with Gasteiger partial charge in [0.2, 0.25) is 0 Å². The normalized spacial score (nSPS) is 10.4. The van der Waals surface area contributed by atoms with Crippen LogP contribution in [0.1, 0.15) is 12.5 Å². The standard InChI is InChI=1S/C11H12N2O4/c1-2-17-11(14)6-3-8-7-9(13(15)16)4-5-10(8)12/h3-7H,2,12H2,1H3/b6-3+. The zero-order valence-corrected chi connectivity index (χ0v) is 9.25. The Morgan fingerprint density at radius 2 is 2.29 bits per heavy atom. The maximum absolute atomic E-state index is 11.1. The summed E-state index contributed by atoms with van der Waals surface area (Å²) in [7, 11) is 0. The first-order valence-electron chi connectivity index (χ1n) is 4.93. The Morgan fingerprint density at radius 1 is 1.59 bits per heavy atom. The van der Waals surface area contributed by atoms with E-state index in [1.54, 1.807) is 6.92 Å². The molecule has 90 valence electrons. The van der Waals surface area contributed by atoms with E-state index in [0.717, 1.165) is 0 Å². The number of nitro benzene ring substituents is 1. The van der Waals surface area contributed by atoms with E-state index in [4.69, 9.17) is 5.73 Å². The van der Waals surface area contributed by atoms with Crippen LogP contribution in [-0.2, 0) is 9.53 Å². The first kappa shape index (κ1) is 12.7. The van der Waals surface area contributed by atoms with Crippen molar-refractivity contribution in [3.8, 4) is 0 Å². The average Bonchev–Trinajstić information content (AvgIpc) is 2.28. The molecule has 0 aromatic heterocycles. The molecule has 0 radical (unpaired) electrons. The van der Waals surface area contributed by atoms with Gasteiger partial charge < -0.3 is 10.5 Å². The molecule has 2 N–H and O–H groups in total. The molecule has 0 bridgehead atoms. The van der Waals surface area contributed by atoms with Crippen molar-refractivity contribution in [1.82, 2.24) is 0 Å². The van der Waals surface area contributed by atoms with Crippen LogP contribution < -0.4 is 5.73 Å². The summed E-state index contributed by atoms with van der Waals surface area (Å²) >= 11 is 0. The summed E-state index contributed by atoms with van der Waals surface area (Å²) in [6.07, 6.45) is 2.57. The van der Waals surface area contributed by atoms with Gasteiger partial charge in [-0.05, 0) is 19.1 Å². The summed E-state index contributed by atoms with van der Waals surface area (Å²) in [5.74, 6) is -0.515. The molecule has 0 aliphatic heterocycles. The molecule has 0 saturated carbocycles. The summed E-state index contributed by atoms with van der Waals surface area (Å²) in [6.45, 7) is 1.96. The number of nitrogens with two attached hydrogens (primary N) is 1. The molecule has 17 heavy (non-hydrogen) atoms. The van der Waals surface area contributed by atoms with Gasteiger partial charge in [0.15, 0.2) is 0 Å². The third-order valence-electron chi connectivity index (χ3n) is 1.97. The van der Waals surface area contributed by atoms with Gasteiger partial charge in [0.25, 0.3) is 5.69 Å². The number of nitrogens with zero attached hydrogens (tertiary/aromatic N) is 1. The number of hydrogen-bond donors (Lipinski definition) is 1. The maximum atomic E-state index is 11.1. The molecule has 0 aliphatic carbocycles. The largest absolute Gasteiger partial charge is 0.463 e. The number of nitrogen functional groups attached to an aromatic ring is 1. The van der Waals surface area contributed by atoms with E-state index < -0.39 is 10.9 Å². The van der Waals surface area contributed by atoms with E-state index in [-0.39, 0.29) is 12.3 Å². The van der Waals surface area contributed by atoms with Gasteiger partial charge in [-0.2, -0.15) is 0 Å². The molecule has 0 fully saturated rings. The smallest absolute Gasteiger partial charge is 0.330 e. The molecular formula is C11H12N2O4. The number of ether oxygens (including phenoxy) is 1. The predicted octanol–water partition coefficient (Wildman–Crippen LogP) is 1.75. The predicted molar refractivity (Wildman–Crippen MR) is 63.2 cm³/mol. The van der Waals surface area contributed by atoms with Gasteiger partial charge in [-0.1, -0.05) is 0 Å². The van der Waals surface area contributed by atoms with Crippen molar-refractivity contribution in [1.29, 1.82) is 0 Å². The Labute approximate surface area is 97.8 Å². The highest BCUT2D eigenvalue weighted by Crippen LogP contribution is 2.20. The van der Waals surface area contributed by atoms with E-state index in [1.165, 1.54) is 30.4 Å². The minimum absolute atomic E-state index is 0.0808. The lowest BCUT2D eigenvalue weighted by molar-refractivity contribution is -0.384. The van der Waals surface area contributed by atoms with Crippen molar-refractivity contribution in [2.24, 2.45) is 0 Å². The SMILES string of the molecule is CCOC(=O)/C=C/c1cc([N+](=O)[O-])ccc1N. The second-order valence-corrected chi connectivity index (χ2v) is 3.16. The molecule has 0 spiro atoms. The van der Waals surface area contributed by atoms with Gasteiger partial charge >= 0.3 is 5.97 Å². The molecule has 6 nitrogen and oxygen atoms in total. The molecule has 0 saturated heterocycles. The lowest BCUT2D eigenvalue weighted by Gasteiger charge is -2.00. The number of carbonyl (C=O) groups excluding carboxylic acids is 1. The van der Waals surface area contributed by atoms with Crippen molar-refractivity contribution in [2.75, 3.05) is 12.3 Å². The van der Waals surface area contributed by atoms with E-state index in [2.05, 4.69) is 4.74 Å². The Morgan fingerprint density at radius 3 is 2.88 bits per heavy atom. The molecule has 0 unspecified atom stereocenters. The second-order valence-electron chi connectivity index (χ2n) is 3.16. The fraction of sp³-hybridized carbons (Fsp3) is 0.182. The summed E-state index contributed by atoms with van der Waals surface area (Å²) in [4.78, 5) is 21.1. The number of non-ortho nitro benzene ring substituents is 1. The Bertz CT molecular complexity index is 469. The first-order valence-corrected chi connectivity index (χ1v) is 4.93. The van der Waals surface area contributed by atoms with Crippen LogP contribution in [0, 0.1) is 10.1 Å². The van der Waals surface area contributed by atoms with Gasteiger partial charge in [0, 0.05) is 29.5 Å². The Kier molecular flexibility index (Phi) is 4.21. The number of anilines is 1. The van der Waals surface area contributed by atoms with Crippen molar-refractivity contribution >= 4 is 23.4 Å². The fourth-order valence-corrected chi connectivity index (χ4v) is 1.17. The molecule has 0 amide bonds. The van der Waals surface area contributed by atoms with Crippen LogP contribution >= 0.6 is 0 Å². The molecule has 0 aliphatic rings. The Hall–Kier alpha value is -2.37. The molecule has 6 heteroatoms. The zero-order valence-electron chi connectivity index (χ0n) is 9.25. The summed E-state index contributed by atoms with van der Waals surface area (Å²) < 4.78 is 4.68. The monoisotopic (exact) mass is 236 g/mol. The fourth-order valence-electron chi connectivity index (χ4n) is 1.17. The summed E-state index contributed by atoms with van der Waals surface area (Å²) in [6, 6.07) is 4.02.